The summed E-state index contributed by atoms with van der Waals surface area (Å²) in [6.45, 7) is 4.18. The third-order valence-corrected chi connectivity index (χ3v) is 5.58. The smallest absolute Gasteiger partial charge is 0.0991 e. The van der Waals surface area contributed by atoms with Crippen molar-refractivity contribution in [1.29, 1.82) is 0 Å². The fraction of sp³-hybridized carbons (Fsp3) is 0.0714. The van der Waals surface area contributed by atoms with E-state index < -0.39 is 0 Å². The molecule has 2 heterocycles. The standard InChI is InChI=1S/C28H24N6/c1-21-15-23(3-9-27(21)33-13-11-29-19-33)17-31-25-5-7-26(8-6-25)32-18-24-4-10-28(22(2)16-24)34-14-12-30-20-34/h3-20H,1-2H3. The van der Waals surface area contributed by atoms with Crippen LogP contribution in [0.5, 0.6) is 0 Å². The summed E-state index contributed by atoms with van der Waals surface area (Å²) in [5.74, 6) is 0. The third kappa shape index (κ3) is 4.76. The number of aromatic nitrogens is 4. The van der Waals surface area contributed by atoms with Crippen molar-refractivity contribution in [1.82, 2.24) is 19.1 Å². The van der Waals surface area contributed by atoms with Crippen LogP contribution in [-0.2, 0) is 0 Å². The van der Waals surface area contributed by atoms with Gasteiger partial charge in [-0.2, -0.15) is 0 Å². The van der Waals surface area contributed by atoms with Gasteiger partial charge in [0.1, 0.15) is 0 Å². The summed E-state index contributed by atoms with van der Waals surface area (Å²) in [6, 6.07) is 20.4. The molecule has 0 unspecified atom stereocenters. The van der Waals surface area contributed by atoms with Gasteiger partial charge >= 0.3 is 0 Å². The molecule has 0 atom stereocenters. The molecule has 0 aliphatic heterocycles. The monoisotopic (exact) mass is 444 g/mol. The van der Waals surface area contributed by atoms with E-state index in [9.17, 15) is 0 Å². The Bertz CT molecular complexity index is 1330. The molecule has 5 rings (SSSR count). The number of nitrogens with zero attached hydrogens (tertiary/aromatic N) is 6. The van der Waals surface area contributed by atoms with Crippen LogP contribution in [-0.4, -0.2) is 31.5 Å². The second-order valence-electron chi connectivity index (χ2n) is 8.06. The van der Waals surface area contributed by atoms with E-state index in [1.807, 2.05) is 58.2 Å². The summed E-state index contributed by atoms with van der Waals surface area (Å²) in [5.41, 5.74) is 8.44. The van der Waals surface area contributed by atoms with Crippen molar-refractivity contribution in [3.8, 4) is 11.4 Å². The van der Waals surface area contributed by atoms with Crippen molar-refractivity contribution >= 4 is 23.8 Å². The van der Waals surface area contributed by atoms with Crippen molar-refractivity contribution in [2.24, 2.45) is 9.98 Å². The predicted molar refractivity (Wildman–Crippen MR) is 138 cm³/mol. The van der Waals surface area contributed by atoms with Crippen LogP contribution in [0.2, 0.25) is 0 Å². The molecule has 0 aliphatic rings. The van der Waals surface area contributed by atoms with Crippen molar-refractivity contribution in [2.75, 3.05) is 0 Å². The lowest BCUT2D eigenvalue weighted by Crippen LogP contribution is -1.95. The molecule has 2 aromatic heterocycles. The first kappa shape index (κ1) is 21.3. The molecule has 166 valence electrons. The fourth-order valence-electron chi connectivity index (χ4n) is 3.82. The van der Waals surface area contributed by atoms with E-state index in [1.54, 1.807) is 25.0 Å². The van der Waals surface area contributed by atoms with Gasteiger partial charge in [-0.1, -0.05) is 12.1 Å². The zero-order chi connectivity index (χ0) is 23.3. The number of imidazole rings is 2. The lowest BCUT2D eigenvalue weighted by Gasteiger charge is -2.07. The van der Waals surface area contributed by atoms with Crippen LogP contribution < -0.4 is 0 Å². The largest absolute Gasteiger partial charge is 0.306 e. The minimum absolute atomic E-state index is 0.885. The fourth-order valence-corrected chi connectivity index (χ4v) is 3.82. The van der Waals surface area contributed by atoms with E-state index in [0.717, 1.165) is 33.9 Å². The van der Waals surface area contributed by atoms with Crippen LogP contribution in [0.15, 0.2) is 108 Å². The molecule has 34 heavy (non-hydrogen) atoms. The van der Waals surface area contributed by atoms with Crippen LogP contribution in [0.1, 0.15) is 22.3 Å². The Balaban J connectivity index is 1.25. The number of aliphatic imine (C=N–C) groups is 2. The van der Waals surface area contributed by atoms with E-state index >= 15 is 0 Å². The van der Waals surface area contributed by atoms with Crippen LogP contribution >= 0.6 is 0 Å². The summed E-state index contributed by atoms with van der Waals surface area (Å²) in [6.07, 6.45) is 14.8. The van der Waals surface area contributed by atoms with Crippen molar-refractivity contribution in [3.63, 3.8) is 0 Å². The first-order valence-electron chi connectivity index (χ1n) is 11.0. The highest BCUT2D eigenvalue weighted by molar-refractivity contribution is 5.84. The molecule has 0 radical (unpaired) electrons. The molecule has 0 N–H and O–H groups in total. The minimum atomic E-state index is 0.885. The van der Waals surface area contributed by atoms with E-state index in [2.05, 4.69) is 70.2 Å². The molecule has 0 bridgehead atoms. The second kappa shape index (κ2) is 9.50. The zero-order valence-electron chi connectivity index (χ0n) is 19.1. The van der Waals surface area contributed by atoms with E-state index in [4.69, 9.17) is 0 Å². The Morgan fingerprint density at radius 2 is 1.06 bits per heavy atom. The molecular formula is C28H24N6. The van der Waals surface area contributed by atoms with Crippen LogP contribution in [0.4, 0.5) is 11.4 Å². The van der Waals surface area contributed by atoms with Gasteiger partial charge in [0.25, 0.3) is 0 Å². The molecule has 6 nitrogen and oxygen atoms in total. The maximum Gasteiger partial charge on any atom is 0.0991 e. The normalized spacial score (nSPS) is 11.6. The number of hydrogen-bond acceptors (Lipinski definition) is 4. The number of aryl methyl sites for hydroxylation is 2. The second-order valence-corrected chi connectivity index (χ2v) is 8.06. The van der Waals surface area contributed by atoms with Gasteiger partial charge in [0.15, 0.2) is 0 Å². The number of rotatable bonds is 6. The quantitative estimate of drug-likeness (QED) is 0.294. The molecule has 3 aromatic carbocycles. The highest BCUT2D eigenvalue weighted by atomic mass is 15.0. The third-order valence-electron chi connectivity index (χ3n) is 5.58. The van der Waals surface area contributed by atoms with Gasteiger partial charge in [0, 0.05) is 48.6 Å². The highest BCUT2D eigenvalue weighted by Crippen LogP contribution is 2.20. The molecule has 0 spiro atoms. The zero-order valence-corrected chi connectivity index (χ0v) is 19.1. The first-order chi connectivity index (χ1) is 16.7. The van der Waals surface area contributed by atoms with Gasteiger partial charge in [-0.25, -0.2) is 9.97 Å². The predicted octanol–water partition coefficient (Wildman–Crippen LogP) is 6.18. The SMILES string of the molecule is Cc1cc(C=Nc2ccc(N=Cc3ccc(-n4ccnc4)c(C)c3)cc2)ccc1-n1ccnc1. The van der Waals surface area contributed by atoms with Crippen molar-refractivity contribution in [2.45, 2.75) is 13.8 Å². The van der Waals surface area contributed by atoms with Gasteiger partial charge < -0.3 is 9.13 Å². The molecule has 5 aromatic rings. The highest BCUT2D eigenvalue weighted by Gasteiger charge is 2.02. The molecule has 0 fully saturated rings. The van der Waals surface area contributed by atoms with E-state index in [1.165, 1.54) is 11.1 Å². The minimum Gasteiger partial charge on any atom is -0.306 e. The summed E-state index contributed by atoms with van der Waals surface area (Å²) in [5, 5.41) is 0. The Labute approximate surface area is 198 Å². The van der Waals surface area contributed by atoms with Crippen LogP contribution in [0.3, 0.4) is 0 Å². The Kier molecular flexibility index (Phi) is 5.95. The summed E-state index contributed by atoms with van der Waals surface area (Å²) in [4.78, 5) is 17.5. The number of benzene rings is 3. The molecule has 6 heteroatoms. The van der Waals surface area contributed by atoms with Gasteiger partial charge in [-0.15, -0.1) is 0 Å². The van der Waals surface area contributed by atoms with Crippen molar-refractivity contribution in [3.05, 3.63) is 120 Å². The van der Waals surface area contributed by atoms with Gasteiger partial charge in [-0.05, 0) is 84.6 Å². The maximum absolute atomic E-state index is 4.61. The lowest BCUT2D eigenvalue weighted by atomic mass is 10.1. The summed E-state index contributed by atoms with van der Waals surface area (Å²) < 4.78 is 4.01. The molecular weight excluding hydrogens is 420 g/mol. The Hall–Kier alpha value is -4.58. The van der Waals surface area contributed by atoms with E-state index in [0.29, 0.717) is 0 Å². The first-order valence-corrected chi connectivity index (χ1v) is 11.0. The van der Waals surface area contributed by atoms with Crippen LogP contribution in [0.25, 0.3) is 11.4 Å². The maximum atomic E-state index is 4.61. The summed E-state index contributed by atoms with van der Waals surface area (Å²) >= 11 is 0. The molecule has 0 saturated carbocycles. The van der Waals surface area contributed by atoms with Gasteiger partial charge in [0.05, 0.1) is 24.0 Å². The number of hydrogen-bond donors (Lipinski definition) is 0. The lowest BCUT2D eigenvalue weighted by molar-refractivity contribution is 1.04. The summed E-state index contributed by atoms with van der Waals surface area (Å²) in [7, 11) is 0. The van der Waals surface area contributed by atoms with Gasteiger partial charge in [0.2, 0.25) is 0 Å². The topological polar surface area (TPSA) is 60.4 Å². The molecule has 0 aliphatic carbocycles. The van der Waals surface area contributed by atoms with Crippen LogP contribution in [0, 0.1) is 13.8 Å². The average Bonchev–Trinajstić information content (AvgIpc) is 3.57. The average molecular weight is 445 g/mol. The molecule has 0 amide bonds. The van der Waals surface area contributed by atoms with E-state index in [-0.39, 0.29) is 0 Å². The van der Waals surface area contributed by atoms with Crippen molar-refractivity contribution < 1.29 is 0 Å². The Morgan fingerprint density at radius 1 is 0.618 bits per heavy atom. The molecule has 0 saturated heterocycles. The Morgan fingerprint density at radius 3 is 1.41 bits per heavy atom. The van der Waals surface area contributed by atoms with Gasteiger partial charge in [-0.3, -0.25) is 9.98 Å².